The third-order valence-corrected chi connectivity index (χ3v) is 11.5. The van der Waals surface area contributed by atoms with Gasteiger partial charge in [-0.3, -0.25) is 9.78 Å². The molecule has 6 rings (SSSR count). The van der Waals surface area contributed by atoms with Gasteiger partial charge in [0.15, 0.2) is 5.78 Å². The van der Waals surface area contributed by atoms with Crippen LogP contribution in [0, 0.1) is 23.8 Å². The van der Waals surface area contributed by atoms with E-state index in [4.69, 9.17) is 9.40 Å². The van der Waals surface area contributed by atoms with Gasteiger partial charge in [-0.1, -0.05) is 91.5 Å². The number of aliphatic hydroxyl groups is 1. The molecule has 261 valence electrons. The standard InChI is InChI=1S/C27H21N2OS.C15H28O2.Ir/c1-15-11-19-22(31-15)10-9-21-23(19)24-25(28-14-29-26(24)30-21)17-12-16-7-5-6-8-18(16)20(13-17)27(2,3)4;1-7-14(5,8-2)12(16)11-13(17)15(6,9-3)10-4;/h5-11,13-14H,1-4H3;11,16H,7-10H2,1-6H3;/q-1;;/b;12-11-;. The number of aromatic nitrogens is 2. The summed E-state index contributed by atoms with van der Waals surface area (Å²) in [7, 11) is 0. The van der Waals surface area contributed by atoms with Gasteiger partial charge >= 0.3 is 0 Å². The first-order valence-electron chi connectivity index (χ1n) is 17.2. The van der Waals surface area contributed by atoms with Gasteiger partial charge < -0.3 is 9.52 Å². The van der Waals surface area contributed by atoms with Gasteiger partial charge in [0.25, 0.3) is 0 Å². The van der Waals surface area contributed by atoms with Crippen LogP contribution >= 0.6 is 11.3 Å². The number of ketones is 1. The maximum Gasteiger partial charge on any atom is 0.223 e. The predicted molar refractivity (Wildman–Crippen MR) is 203 cm³/mol. The van der Waals surface area contributed by atoms with Crippen molar-refractivity contribution in [2.45, 2.75) is 100 Å². The van der Waals surface area contributed by atoms with E-state index in [2.05, 4.69) is 81.2 Å². The third kappa shape index (κ3) is 7.40. The van der Waals surface area contributed by atoms with Crippen LogP contribution in [0.25, 0.3) is 54.2 Å². The Kier molecular flexibility index (Phi) is 11.6. The Labute approximate surface area is 308 Å². The number of hydrogen-bond acceptors (Lipinski definition) is 6. The molecule has 0 amide bonds. The zero-order valence-corrected chi connectivity index (χ0v) is 33.7. The molecule has 5 nitrogen and oxygen atoms in total. The predicted octanol–water partition coefficient (Wildman–Crippen LogP) is 12.5. The normalized spacial score (nSPS) is 12.7. The minimum Gasteiger partial charge on any atom is -0.512 e. The van der Waals surface area contributed by atoms with Crippen LogP contribution in [0.15, 0.2) is 71.1 Å². The number of fused-ring (bicyclic) bond motifs is 6. The van der Waals surface area contributed by atoms with Crippen LogP contribution < -0.4 is 0 Å². The Morgan fingerprint density at radius 1 is 0.878 bits per heavy atom. The van der Waals surface area contributed by atoms with Gasteiger partial charge in [-0.05, 0) is 56.2 Å². The molecule has 0 saturated carbocycles. The number of nitrogens with zero attached hydrogens (tertiary/aromatic N) is 2. The van der Waals surface area contributed by atoms with Crippen molar-refractivity contribution in [3.05, 3.63) is 83.2 Å². The molecule has 0 saturated heterocycles. The van der Waals surface area contributed by atoms with Crippen molar-refractivity contribution < 1.29 is 34.4 Å². The second kappa shape index (κ2) is 14.8. The molecule has 3 aromatic heterocycles. The monoisotopic (exact) mass is 854 g/mol. The molecular formula is C42H49IrN2O3S-. The molecule has 1 radical (unpaired) electrons. The molecule has 0 spiro atoms. The smallest absolute Gasteiger partial charge is 0.223 e. The molecule has 0 fully saturated rings. The van der Waals surface area contributed by atoms with Gasteiger partial charge in [0, 0.05) is 68.4 Å². The van der Waals surface area contributed by atoms with Gasteiger partial charge in [0.2, 0.25) is 5.71 Å². The summed E-state index contributed by atoms with van der Waals surface area (Å²) in [6, 6.07) is 20.7. The second-order valence-corrected chi connectivity index (χ2v) is 15.8. The molecule has 0 aliphatic rings. The van der Waals surface area contributed by atoms with E-state index < -0.39 is 0 Å². The van der Waals surface area contributed by atoms with E-state index in [1.165, 1.54) is 32.0 Å². The van der Waals surface area contributed by atoms with Crippen molar-refractivity contribution >= 4 is 60.0 Å². The average Bonchev–Trinajstić information content (AvgIpc) is 3.66. The van der Waals surface area contributed by atoms with Gasteiger partial charge in [0.1, 0.15) is 17.7 Å². The number of allylic oxidation sites excluding steroid dienone is 2. The first kappa shape index (κ1) is 38.4. The third-order valence-electron chi connectivity index (χ3n) is 10.5. The summed E-state index contributed by atoms with van der Waals surface area (Å²) in [6.45, 7) is 21.0. The van der Waals surface area contributed by atoms with E-state index >= 15 is 0 Å². The van der Waals surface area contributed by atoms with Crippen LogP contribution in [0.3, 0.4) is 0 Å². The summed E-state index contributed by atoms with van der Waals surface area (Å²) in [4.78, 5) is 22.7. The Balaban J connectivity index is 0.000000260. The maximum absolute atomic E-state index is 12.2. The Bertz CT molecular complexity index is 2140. The zero-order chi connectivity index (χ0) is 35.0. The fourth-order valence-electron chi connectivity index (χ4n) is 6.20. The minimum absolute atomic E-state index is 0. The van der Waals surface area contributed by atoms with Gasteiger partial charge in [-0.15, -0.1) is 40.5 Å². The van der Waals surface area contributed by atoms with E-state index in [0.29, 0.717) is 5.71 Å². The Morgan fingerprint density at radius 3 is 2.16 bits per heavy atom. The summed E-state index contributed by atoms with van der Waals surface area (Å²) >= 11 is 1.80. The first-order valence-corrected chi connectivity index (χ1v) is 18.0. The number of rotatable bonds is 8. The van der Waals surface area contributed by atoms with Gasteiger partial charge in [-0.25, -0.2) is 4.98 Å². The van der Waals surface area contributed by atoms with Crippen molar-refractivity contribution in [3.8, 4) is 11.3 Å². The number of carbonyl (C=O) groups is 1. The van der Waals surface area contributed by atoms with Gasteiger partial charge in [-0.2, -0.15) is 0 Å². The van der Waals surface area contributed by atoms with E-state index in [9.17, 15) is 9.90 Å². The molecule has 3 aromatic carbocycles. The molecular weight excluding hydrogens is 805 g/mol. The van der Waals surface area contributed by atoms with Crippen LogP contribution in [0.1, 0.15) is 98.4 Å². The van der Waals surface area contributed by atoms with E-state index in [-0.39, 0.29) is 47.9 Å². The number of thiophene rings is 1. The maximum atomic E-state index is 12.2. The number of aliphatic hydroxyl groups excluding tert-OH is 1. The van der Waals surface area contributed by atoms with Crippen molar-refractivity contribution in [2.24, 2.45) is 10.8 Å². The van der Waals surface area contributed by atoms with E-state index in [1.807, 2.05) is 47.6 Å². The molecule has 1 N–H and O–H groups in total. The zero-order valence-electron chi connectivity index (χ0n) is 30.5. The van der Waals surface area contributed by atoms with Crippen LogP contribution in [0.2, 0.25) is 0 Å². The number of carbonyl (C=O) groups excluding carboxylic acids is 1. The fourth-order valence-corrected chi connectivity index (χ4v) is 7.13. The minimum atomic E-state index is -0.337. The van der Waals surface area contributed by atoms with Crippen LogP contribution in [0.5, 0.6) is 0 Å². The SMILES string of the molecule is CCC(C)(CC)C(=O)/C=C(\O)C(C)(CC)CC.Cc1cc2c(ccc3oc4ncnc(-c5[c-]c6ccccc6c(C(C)(C)C)c5)c4c32)s1.[Ir]. The number of aryl methyl sites for hydroxylation is 1. The second-order valence-electron chi connectivity index (χ2n) is 14.5. The van der Waals surface area contributed by atoms with Gasteiger partial charge in [0.05, 0.1) is 0 Å². The summed E-state index contributed by atoms with van der Waals surface area (Å²) < 4.78 is 7.41. The molecule has 49 heavy (non-hydrogen) atoms. The quantitative estimate of drug-likeness (QED) is 0.0938. The molecule has 6 aromatic rings. The number of hydrogen-bond donors (Lipinski definition) is 1. The first-order chi connectivity index (χ1) is 22.7. The molecule has 0 aliphatic heterocycles. The summed E-state index contributed by atoms with van der Waals surface area (Å²) in [5.74, 6) is 0.286. The molecule has 0 atom stereocenters. The van der Waals surface area contributed by atoms with Crippen molar-refractivity contribution in [1.82, 2.24) is 9.97 Å². The Hall–Kier alpha value is -3.38. The van der Waals surface area contributed by atoms with Crippen molar-refractivity contribution in [3.63, 3.8) is 0 Å². The molecule has 3 heterocycles. The van der Waals surface area contributed by atoms with Crippen LogP contribution in [-0.4, -0.2) is 20.9 Å². The van der Waals surface area contributed by atoms with Crippen LogP contribution in [0.4, 0.5) is 0 Å². The molecule has 0 bridgehead atoms. The molecule has 7 heteroatoms. The summed E-state index contributed by atoms with van der Waals surface area (Å²) in [5.41, 5.74) is 3.99. The number of furan rings is 1. The summed E-state index contributed by atoms with van der Waals surface area (Å²) in [5, 5.41) is 15.7. The number of benzene rings is 3. The van der Waals surface area contributed by atoms with E-state index in [0.717, 1.165) is 58.7 Å². The van der Waals surface area contributed by atoms with E-state index in [1.54, 1.807) is 17.7 Å². The summed E-state index contributed by atoms with van der Waals surface area (Å²) in [6.07, 6.45) is 6.35. The molecule has 0 aliphatic carbocycles. The molecule has 0 unspecified atom stereocenters. The largest absolute Gasteiger partial charge is 0.512 e. The Morgan fingerprint density at radius 2 is 1.53 bits per heavy atom. The van der Waals surface area contributed by atoms with Crippen molar-refractivity contribution in [1.29, 1.82) is 0 Å². The fraction of sp³-hybridized carbons (Fsp3) is 0.405. The average molecular weight is 854 g/mol. The van der Waals surface area contributed by atoms with Crippen molar-refractivity contribution in [2.75, 3.05) is 0 Å². The van der Waals surface area contributed by atoms with Crippen LogP contribution in [-0.2, 0) is 30.3 Å². The topological polar surface area (TPSA) is 76.2 Å².